The van der Waals surface area contributed by atoms with E-state index >= 15 is 0 Å². The molecule has 140 valence electrons. The van der Waals surface area contributed by atoms with Crippen LogP contribution >= 0.6 is 0 Å². The Balaban J connectivity index is 3.01. The molecule has 5 amide bonds. The molecule has 1 fully saturated rings. The predicted molar refractivity (Wildman–Crippen MR) is 88.0 cm³/mol. The number of rotatable bonds is 0. The first-order chi connectivity index (χ1) is 11.5. The van der Waals surface area contributed by atoms with Crippen molar-refractivity contribution < 1.29 is 24.0 Å². The van der Waals surface area contributed by atoms with Crippen molar-refractivity contribution in [1.29, 1.82) is 0 Å². The van der Waals surface area contributed by atoms with E-state index < -0.39 is 59.7 Å². The van der Waals surface area contributed by atoms with Crippen molar-refractivity contribution in [3.8, 4) is 0 Å². The van der Waals surface area contributed by atoms with Gasteiger partial charge >= 0.3 is 0 Å². The zero-order valence-corrected chi connectivity index (χ0v) is 14.9. The molecule has 0 saturated carbocycles. The molecule has 1 heterocycles. The summed E-state index contributed by atoms with van der Waals surface area (Å²) in [6.07, 6.45) is 0. The third-order valence-electron chi connectivity index (χ3n) is 3.76. The Morgan fingerprint density at radius 3 is 0.640 bits per heavy atom. The smallest absolute Gasteiger partial charge is 0.242 e. The number of hydrogen-bond donors (Lipinski definition) is 5. The van der Waals surface area contributed by atoms with Crippen LogP contribution in [0.1, 0.15) is 34.6 Å². The quantitative estimate of drug-likeness (QED) is 0.327. The molecule has 25 heavy (non-hydrogen) atoms. The Morgan fingerprint density at radius 2 is 0.520 bits per heavy atom. The third-order valence-corrected chi connectivity index (χ3v) is 3.76. The van der Waals surface area contributed by atoms with Crippen LogP contribution in [0.5, 0.6) is 0 Å². The molecule has 0 aliphatic carbocycles. The van der Waals surface area contributed by atoms with E-state index in [1.165, 1.54) is 34.6 Å². The van der Waals surface area contributed by atoms with Gasteiger partial charge in [-0.15, -0.1) is 0 Å². The van der Waals surface area contributed by atoms with Gasteiger partial charge in [0, 0.05) is 0 Å². The first kappa shape index (κ1) is 20.4. The third kappa shape index (κ3) is 5.73. The maximum Gasteiger partial charge on any atom is 0.242 e. The molecular weight excluding hydrogens is 330 g/mol. The molecule has 10 nitrogen and oxygen atoms in total. The Kier molecular flexibility index (Phi) is 6.89. The second-order valence-corrected chi connectivity index (χ2v) is 6.15. The molecule has 5 atom stereocenters. The average molecular weight is 355 g/mol. The summed E-state index contributed by atoms with van der Waals surface area (Å²) < 4.78 is 0. The van der Waals surface area contributed by atoms with Gasteiger partial charge in [0.2, 0.25) is 29.5 Å². The summed E-state index contributed by atoms with van der Waals surface area (Å²) >= 11 is 0. The van der Waals surface area contributed by atoms with Gasteiger partial charge in [0.05, 0.1) is 0 Å². The van der Waals surface area contributed by atoms with E-state index in [9.17, 15) is 24.0 Å². The molecule has 0 aromatic carbocycles. The molecule has 0 radical (unpaired) electrons. The van der Waals surface area contributed by atoms with E-state index in [1.54, 1.807) is 0 Å². The zero-order valence-electron chi connectivity index (χ0n) is 14.9. The van der Waals surface area contributed by atoms with Gasteiger partial charge < -0.3 is 26.6 Å². The molecule has 5 N–H and O–H groups in total. The van der Waals surface area contributed by atoms with Gasteiger partial charge in [-0.2, -0.15) is 0 Å². The average Bonchev–Trinajstić information content (AvgIpc) is 2.53. The van der Waals surface area contributed by atoms with E-state index in [4.69, 9.17) is 0 Å². The maximum atomic E-state index is 12.0. The molecule has 1 rings (SSSR count). The number of carbonyl (C=O) groups excluding carboxylic acids is 5. The topological polar surface area (TPSA) is 146 Å². The zero-order chi connectivity index (χ0) is 19.3. The van der Waals surface area contributed by atoms with Crippen LogP contribution in [-0.2, 0) is 24.0 Å². The molecule has 0 spiro atoms. The van der Waals surface area contributed by atoms with Crippen LogP contribution in [0.3, 0.4) is 0 Å². The molecule has 1 saturated heterocycles. The number of hydrogen-bond acceptors (Lipinski definition) is 5. The minimum Gasteiger partial charge on any atom is -0.343 e. The lowest BCUT2D eigenvalue weighted by Gasteiger charge is -2.20. The highest BCUT2D eigenvalue weighted by molar-refractivity contribution is 5.97. The fraction of sp³-hybridized carbons (Fsp3) is 0.667. The monoisotopic (exact) mass is 355 g/mol. The van der Waals surface area contributed by atoms with Crippen LogP contribution in [0, 0.1) is 0 Å². The second-order valence-electron chi connectivity index (χ2n) is 6.15. The van der Waals surface area contributed by atoms with Crippen LogP contribution < -0.4 is 26.6 Å². The molecule has 0 bridgehead atoms. The number of nitrogens with one attached hydrogen (secondary N) is 5. The number of amides is 5. The Bertz CT molecular complexity index is 463. The largest absolute Gasteiger partial charge is 0.343 e. The van der Waals surface area contributed by atoms with E-state index in [0.717, 1.165) is 0 Å². The van der Waals surface area contributed by atoms with Crippen molar-refractivity contribution in [3.05, 3.63) is 0 Å². The highest BCUT2D eigenvalue weighted by Crippen LogP contribution is 1.95. The SMILES string of the molecule is CC1NC(=O)C(C)NC(=O)C(C)NC(=O)C(C)NC(=O)C(C)NC1=O. The molecule has 1 aliphatic rings. The Morgan fingerprint density at radius 1 is 0.400 bits per heavy atom. The molecule has 5 unspecified atom stereocenters. The van der Waals surface area contributed by atoms with E-state index in [0.29, 0.717) is 0 Å². The van der Waals surface area contributed by atoms with E-state index in [2.05, 4.69) is 26.6 Å². The first-order valence-corrected chi connectivity index (χ1v) is 8.04. The fourth-order valence-corrected chi connectivity index (χ4v) is 2.02. The van der Waals surface area contributed by atoms with Crippen molar-refractivity contribution in [1.82, 2.24) is 26.6 Å². The Hall–Kier alpha value is -2.65. The van der Waals surface area contributed by atoms with Gasteiger partial charge in [0.1, 0.15) is 30.2 Å². The summed E-state index contributed by atoms with van der Waals surface area (Å²) in [6, 6.07) is -4.51. The van der Waals surface area contributed by atoms with E-state index in [1.807, 2.05) is 0 Å². The molecule has 0 aromatic rings. The minimum atomic E-state index is -0.901. The normalized spacial score (nSPS) is 33.0. The van der Waals surface area contributed by atoms with Crippen molar-refractivity contribution in [3.63, 3.8) is 0 Å². The fourth-order valence-electron chi connectivity index (χ4n) is 2.02. The predicted octanol–water partition coefficient (Wildman–Crippen LogP) is -2.48. The standard InChI is InChI=1S/C15H25N5O5/c1-6-11(21)17-8(3)13(23)19-10(5)15(25)20-9(4)14(24)18-7(2)12(22)16-6/h6-10H,1-5H3,(H,16,22)(H,17,21)(H,18,24)(H,19,23)(H,20,25). The van der Waals surface area contributed by atoms with Crippen molar-refractivity contribution in [2.24, 2.45) is 0 Å². The lowest BCUT2D eigenvalue weighted by atomic mass is 10.2. The second kappa shape index (κ2) is 8.45. The van der Waals surface area contributed by atoms with Gasteiger partial charge in [-0.25, -0.2) is 0 Å². The summed E-state index contributed by atoms with van der Waals surface area (Å²) in [5, 5.41) is 12.3. The van der Waals surface area contributed by atoms with Gasteiger partial charge in [-0.1, -0.05) is 0 Å². The van der Waals surface area contributed by atoms with Crippen LogP contribution in [0.25, 0.3) is 0 Å². The molecule has 10 heteroatoms. The van der Waals surface area contributed by atoms with Crippen LogP contribution in [0.2, 0.25) is 0 Å². The highest BCUT2D eigenvalue weighted by Gasteiger charge is 2.28. The lowest BCUT2D eigenvalue weighted by molar-refractivity contribution is -0.133. The highest BCUT2D eigenvalue weighted by atomic mass is 16.2. The van der Waals surface area contributed by atoms with Crippen molar-refractivity contribution in [2.45, 2.75) is 64.8 Å². The van der Waals surface area contributed by atoms with E-state index in [-0.39, 0.29) is 0 Å². The summed E-state index contributed by atoms with van der Waals surface area (Å²) in [6.45, 7) is 7.30. The molecular formula is C15H25N5O5. The molecule has 1 aliphatic heterocycles. The van der Waals surface area contributed by atoms with Crippen LogP contribution in [0.4, 0.5) is 0 Å². The van der Waals surface area contributed by atoms with Crippen LogP contribution in [0.15, 0.2) is 0 Å². The minimum absolute atomic E-state index is 0.560. The van der Waals surface area contributed by atoms with Gasteiger partial charge in [-0.3, -0.25) is 24.0 Å². The van der Waals surface area contributed by atoms with Crippen LogP contribution in [-0.4, -0.2) is 59.7 Å². The van der Waals surface area contributed by atoms with Gasteiger partial charge in [-0.05, 0) is 34.6 Å². The van der Waals surface area contributed by atoms with Gasteiger partial charge in [0.15, 0.2) is 0 Å². The number of carbonyl (C=O) groups is 5. The summed E-state index contributed by atoms with van der Waals surface area (Å²) in [5.74, 6) is -2.80. The summed E-state index contributed by atoms with van der Waals surface area (Å²) in [5.41, 5.74) is 0. The van der Waals surface area contributed by atoms with Crippen molar-refractivity contribution in [2.75, 3.05) is 0 Å². The van der Waals surface area contributed by atoms with Crippen molar-refractivity contribution >= 4 is 29.5 Å². The summed E-state index contributed by atoms with van der Waals surface area (Å²) in [7, 11) is 0. The summed E-state index contributed by atoms with van der Waals surface area (Å²) in [4.78, 5) is 60.2. The maximum absolute atomic E-state index is 12.0. The Labute approximate surface area is 145 Å². The van der Waals surface area contributed by atoms with Gasteiger partial charge in [0.25, 0.3) is 0 Å². The first-order valence-electron chi connectivity index (χ1n) is 8.04. The molecule has 0 aromatic heterocycles. The lowest BCUT2D eigenvalue weighted by Crippen LogP contribution is -2.55.